The van der Waals surface area contributed by atoms with Crippen LogP contribution in [0.3, 0.4) is 0 Å². The molecule has 0 aromatic carbocycles. The SMILES string of the molecule is C[S+]([O-])c1nnc(C#N)s1. The number of rotatable bonds is 1. The normalized spacial score (nSPS) is 12.5. The third-order valence-electron chi connectivity index (χ3n) is 0.748. The van der Waals surface area contributed by atoms with E-state index in [0.717, 1.165) is 11.3 Å². The standard InChI is InChI=1S/C4H3N3OS2/c1-10(8)4-7-6-3(2-5)9-4/h1H3. The molecule has 0 amide bonds. The fourth-order valence-corrected chi connectivity index (χ4v) is 1.61. The zero-order valence-electron chi connectivity index (χ0n) is 5.07. The van der Waals surface area contributed by atoms with E-state index in [1.54, 1.807) is 0 Å². The van der Waals surface area contributed by atoms with Crippen molar-refractivity contribution in [2.45, 2.75) is 4.34 Å². The van der Waals surface area contributed by atoms with Crippen molar-refractivity contribution >= 4 is 22.5 Å². The molecular formula is C4H3N3OS2. The molecular weight excluding hydrogens is 170 g/mol. The van der Waals surface area contributed by atoms with Crippen LogP contribution in [-0.2, 0) is 11.2 Å². The lowest BCUT2D eigenvalue weighted by molar-refractivity contribution is 0.599. The van der Waals surface area contributed by atoms with Gasteiger partial charge in [-0.3, -0.25) is 0 Å². The van der Waals surface area contributed by atoms with Crippen LogP contribution in [0.4, 0.5) is 0 Å². The smallest absolute Gasteiger partial charge is 0.322 e. The Bertz CT molecular complexity index is 264. The Morgan fingerprint density at radius 3 is 2.70 bits per heavy atom. The summed E-state index contributed by atoms with van der Waals surface area (Å²) in [5, 5.41) is 15.5. The Balaban J connectivity index is 2.91. The van der Waals surface area contributed by atoms with Gasteiger partial charge in [-0.1, -0.05) is 5.10 Å². The van der Waals surface area contributed by atoms with Crippen LogP contribution < -0.4 is 0 Å². The molecule has 0 aliphatic heterocycles. The van der Waals surface area contributed by atoms with Gasteiger partial charge in [-0.15, -0.1) is 5.10 Å². The molecule has 0 saturated heterocycles. The largest absolute Gasteiger partial charge is 0.610 e. The average Bonchev–Trinajstić information content (AvgIpc) is 2.34. The fourth-order valence-electron chi connectivity index (χ4n) is 0.371. The Morgan fingerprint density at radius 2 is 2.40 bits per heavy atom. The summed E-state index contributed by atoms with van der Waals surface area (Å²) >= 11 is -0.0584. The molecule has 0 aliphatic carbocycles. The van der Waals surface area contributed by atoms with Gasteiger partial charge in [-0.05, 0) is 11.3 Å². The van der Waals surface area contributed by atoms with E-state index in [1.165, 1.54) is 6.26 Å². The summed E-state index contributed by atoms with van der Waals surface area (Å²) in [5.41, 5.74) is 0. The molecule has 0 bridgehead atoms. The van der Waals surface area contributed by atoms with Gasteiger partial charge in [0.1, 0.15) is 12.3 Å². The number of nitriles is 1. The predicted molar refractivity (Wildman–Crippen MR) is 37.0 cm³/mol. The predicted octanol–water partition coefficient (Wildman–Crippen LogP) is 0.147. The maximum atomic E-state index is 10.7. The van der Waals surface area contributed by atoms with Gasteiger partial charge < -0.3 is 4.55 Å². The molecule has 0 aliphatic rings. The van der Waals surface area contributed by atoms with E-state index in [1.807, 2.05) is 6.07 Å². The molecule has 1 rings (SSSR count). The Labute approximate surface area is 64.7 Å². The third kappa shape index (κ3) is 1.44. The number of nitrogens with zero attached hydrogens (tertiary/aromatic N) is 3. The molecule has 10 heavy (non-hydrogen) atoms. The summed E-state index contributed by atoms with van der Waals surface area (Å²) in [7, 11) is 0. The summed E-state index contributed by atoms with van der Waals surface area (Å²) < 4.78 is 11.1. The summed E-state index contributed by atoms with van der Waals surface area (Å²) in [6.07, 6.45) is 1.50. The molecule has 0 spiro atoms. The van der Waals surface area contributed by atoms with Gasteiger partial charge in [0, 0.05) is 11.2 Å². The number of aromatic nitrogens is 2. The average molecular weight is 173 g/mol. The molecule has 52 valence electrons. The number of hydrogen-bond acceptors (Lipinski definition) is 5. The van der Waals surface area contributed by atoms with Crippen molar-refractivity contribution in [1.82, 2.24) is 10.2 Å². The minimum absolute atomic E-state index is 0.255. The molecule has 0 radical (unpaired) electrons. The van der Waals surface area contributed by atoms with Crippen LogP contribution in [-0.4, -0.2) is 21.0 Å². The van der Waals surface area contributed by atoms with Gasteiger partial charge in [0.05, 0.1) is 0 Å². The summed E-state index contributed by atoms with van der Waals surface area (Å²) in [5.74, 6) is 0. The first-order valence-corrected chi connectivity index (χ1v) is 4.68. The van der Waals surface area contributed by atoms with E-state index >= 15 is 0 Å². The van der Waals surface area contributed by atoms with Crippen LogP contribution in [0.1, 0.15) is 5.01 Å². The minimum Gasteiger partial charge on any atom is -0.610 e. The first-order valence-electron chi connectivity index (χ1n) is 2.31. The molecule has 1 atom stereocenters. The second-order valence-electron chi connectivity index (χ2n) is 1.44. The highest BCUT2D eigenvalue weighted by Crippen LogP contribution is 2.13. The molecule has 4 nitrogen and oxygen atoms in total. The van der Waals surface area contributed by atoms with Gasteiger partial charge in [0.15, 0.2) is 0 Å². The maximum Gasteiger partial charge on any atom is 0.322 e. The Hall–Kier alpha value is -0.640. The minimum atomic E-state index is -1.12. The highest BCUT2D eigenvalue weighted by Gasteiger charge is 2.11. The summed E-state index contributed by atoms with van der Waals surface area (Å²) in [4.78, 5) is 0. The molecule has 1 heterocycles. The van der Waals surface area contributed by atoms with Gasteiger partial charge in [0.2, 0.25) is 5.01 Å². The maximum absolute atomic E-state index is 10.7. The third-order valence-corrected chi connectivity index (χ3v) is 2.90. The van der Waals surface area contributed by atoms with E-state index in [0.29, 0.717) is 4.34 Å². The van der Waals surface area contributed by atoms with Gasteiger partial charge >= 0.3 is 4.34 Å². The van der Waals surface area contributed by atoms with Crippen molar-refractivity contribution in [1.29, 1.82) is 5.26 Å². The monoisotopic (exact) mass is 173 g/mol. The lowest BCUT2D eigenvalue weighted by atomic mass is 10.8. The van der Waals surface area contributed by atoms with Crippen LogP contribution >= 0.6 is 11.3 Å². The van der Waals surface area contributed by atoms with Crippen LogP contribution in [0.5, 0.6) is 0 Å². The summed E-state index contributed by atoms with van der Waals surface area (Å²) in [6, 6.07) is 1.81. The van der Waals surface area contributed by atoms with Gasteiger partial charge in [-0.2, -0.15) is 5.26 Å². The van der Waals surface area contributed by atoms with Crippen molar-refractivity contribution < 1.29 is 4.55 Å². The quantitative estimate of drug-likeness (QED) is 0.566. The second kappa shape index (κ2) is 2.96. The molecule has 0 N–H and O–H groups in total. The molecule has 1 aromatic rings. The van der Waals surface area contributed by atoms with E-state index < -0.39 is 11.2 Å². The zero-order chi connectivity index (χ0) is 7.56. The Kier molecular flexibility index (Phi) is 2.21. The van der Waals surface area contributed by atoms with Crippen molar-refractivity contribution in [3.05, 3.63) is 5.01 Å². The van der Waals surface area contributed by atoms with E-state index in [-0.39, 0.29) is 5.01 Å². The topological polar surface area (TPSA) is 72.6 Å². The lowest BCUT2D eigenvalue weighted by Gasteiger charge is -1.93. The second-order valence-corrected chi connectivity index (χ2v) is 3.97. The van der Waals surface area contributed by atoms with E-state index in [9.17, 15) is 4.55 Å². The van der Waals surface area contributed by atoms with Crippen LogP contribution in [0, 0.1) is 11.3 Å². The van der Waals surface area contributed by atoms with Crippen molar-refractivity contribution in [2.24, 2.45) is 0 Å². The highest BCUT2D eigenvalue weighted by atomic mass is 32.2. The van der Waals surface area contributed by atoms with Crippen LogP contribution in [0.25, 0.3) is 0 Å². The molecule has 0 saturated carbocycles. The molecule has 0 fully saturated rings. The van der Waals surface area contributed by atoms with Gasteiger partial charge in [-0.25, -0.2) is 0 Å². The lowest BCUT2D eigenvalue weighted by Crippen LogP contribution is -1.95. The van der Waals surface area contributed by atoms with Crippen molar-refractivity contribution in [3.63, 3.8) is 0 Å². The first-order chi connectivity index (χ1) is 4.74. The van der Waals surface area contributed by atoms with E-state index in [2.05, 4.69) is 10.2 Å². The molecule has 6 heteroatoms. The summed E-state index contributed by atoms with van der Waals surface area (Å²) in [6.45, 7) is 0. The number of hydrogen-bond donors (Lipinski definition) is 0. The zero-order valence-corrected chi connectivity index (χ0v) is 6.70. The fraction of sp³-hybridized carbons (Fsp3) is 0.250. The van der Waals surface area contributed by atoms with Crippen LogP contribution in [0.15, 0.2) is 4.34 Å². The first kappa shape index (κ1) is 7.47. The van der Waals surface area contributed by atoms with E-state index in [4.69, 9.17) is 5.26 Å². The molecule has 1 unspecified atom stereocenters. The van der Waals surface area contributed by atoms with Crippen molar-refractivity contribution in [2.75, 3.05) is 6.26 Å². The van der Waals surface area contributed by atoms with Crippen LogP contribution in [0.2, 0.25) is 0 Å². The van der Waals surface area contributed by atoms with Crippen molar-refractivity contribution in [3.8, 4) is 6.07 Å². The highest BCUT2D eigenvalue weighted by molar-refractivity contribution is 7.92. The Morgan fingerprint density at radius 1 is 1.70 bits per heavy atom. The molecule has 1 aromatic heterocycles. The van der Waals surface area contributed by atoms with Gasteiger partial charge in [0.25, 0.3) is 0 Å².